The molecule has 4 nitrogen and oxygen atoms in total. The average molecular weight is 328 g/mol. The van der Waals surface area contributed by atoms with E-state index >= 15 is 0 Å². The van der Waals surface area contributed by atoms with E-state index in [-0.39, 0.29) is 6.17 Å². The van der Waals surface area contributed by atoms with Crippen LogP contribution in [0.1, 0.15) is 17.3 Å². The van der Waals surface area contributed by atoms with Crippen molar-refractivity contribution in [1.82, 2.24) is 10.4 Å². The van der Waals surface area contributed by atoms with Gasteiger partial charge in [-0.2, -0.15) is 5.10 Å². The smallest absolute Gasteiger partial charge is 0.170 e. The van der Waals surface area contributed by atoms with Gasteiger partial charge in [0.15, 0.2) is 5.84 Å². The summed E-state index contributed by atoms with van der Waals surface area (Å²) in [7, 11) is 2.00. The Morgan fingerprint density at radius 2 is 1.32 bits per heavy atom. The summed E-state index contributed by atoms with van der Waals surface area (Å²) in [6, 6.07) is 30.8. The van der Waals surface area contributed by atoms with Crippen molar-refractivity contribution in [3.8, 4) is 0 Å². The molecule has 0 spiro atoms. The third kappa shape index (κ3) is 3.12. The van der Waals surface area contributed by atoms with E-state index < -0.39 is 0 Å². The molecule has 0 bridgehead atoms. The van der Waals surface area contributed by atoms with Gasteiger partial charge in [0.1, 0.15) is 6.17 Å². The van der Waals surface area contributed by atoms with E-state index in [9.17, 15) is 0 Å². The fourth-order valence-electron chi connectivity index (χ4n) is 3.00. The van der Waals surface area contributed by atoms with Gasteiger partial charge in [-0.1, -0.05) is 78.9 Å². The molecule has 1 heterocycles. The number of hydrazone groups is 1. The van der Waals surface area contributed by atoms with Crippen LogP contribution in [0.4, 0.5) is 5.69 Å². The number of hydrogen-bond acceptors (Lipinski definition) is 4. The summed E-state index contributed by atoms with van der Waals surface area (Å²) < 4.78 is 0. The lowest BCUT2D eigenvalue weighted by molar-refractivity contribution is 0.277. The topological polar surface area (TPSA) is 30.9 Å². The number of nitrogens with one attached hydrogen (secondary N) is 1. The highest BCUT2D eigenvalue weighted by Crippen LogP contribution is 2.29. The van der Waals surface area contributed by atoms with E-state index in [1.54, 1.807) is 0 Å². The van der Waals surface area contributed by atoms with E-state index in [1.807, 2.05) is 59.5 Å². The first-order valence-electron chi connectivity index (χ1n) is 8.36. The third-order valence-corrected chi connectivity index (χ3v) is 4.25. The first kappa shape index (κ1) is 15.4. The largest absolute Gasteiger partial charge is 0.291 e. The van der Waals surface area contributed by atoms with Crippen LogP contribution in [0.15, 0.2) is 96.1 Å². The summed E-state index contributed by atoms with van der Waals surface area (Å²) in [6.07, 6.45) is -0.0685. The van der Waals surface area contributed by atoms with Crippen molar-refractivity contribution in [2.24, 2.45) is 5.10 Å². The predicted octanol–water partition coefficient (Wildman–Crippen LogP) is 4.00. The Balaban J connectivity index is 1.81. The van der Waals surface area contributed by atoms with E-state index in [0.717, 1.165) is 22.6 Å². The first-order chi connectivity index (χ1) is 12.3. The zero-order valence-electron chi connectivity index (χ0n) is 14.1. The molecule has 0 fully saturated rings. The van der Waals surface area contributed by atoms with Crippen LogP contribution in [0, 0.1) is 0 Å². The summed E-state index contributed by atoms with van der Waals surface area (Å²) in [5.74, 6) is 0.886. The number of benzene rings is 3. The Morgan fingerprint density at radius 3 is 1.96 bits per heavy atom. The quantitative estimate of drug-likeness (QED) is 0.788. The Morgan fingerprint density at radius 1 is 0.760 bits per heavy atom. The monoisotopic (exact) mass is 328 g/mol. The summed E-state index contributed by atoms with van der Waals surface area (Å²) >= 11 is 0. The maximum absolute atomic E-state index is 4.97. The van der Waals surface area contributed by atoms with Crippen LogP contribution in [0.5, 0.6) is 0 Å². The van der Waals surface area contributed by atoms with Crippen LogP contribution >= 0.6 is 0 Å². The molecule has 1 aliphatic rings. The van der Waals surface area contributed by atoms with Crippen LogP contribution in [0.25, 0.3) is 0 Å². The third-order valence-electron chi connectivity index (χ3n) is 4.25. The highest BCUT2D eigenvalue weighted by Gasteiger charge is 2.28. The van der Waals surface area contributed by atoms with Crippen LogP contribution in [0.2, 0.25) is 0 Å². The fraction of sp³-hybridized carbons (Fsp3) is 0.0952. The molecule has 0 radical (unpaired) electrons. The van der Waals surface area contributed by atoms with E-state index in [4.69, 9.17) is 5.10 Å². The molecule has 4 heteroatoms. The van der Waals surface area contributed by atoms with Gasteiger partial charge >= 0.3 is 0 Å². The van der Waals surface area contributed by atoms with Crippen molar-refractivity contribution in [2.45, 2.75) is 6.17 Å². The van der Waals surface area contributed by atoms with Gasteiger partial charge in [0.25, 0.3) is 0 Å². The van der Waals surface area contributed by atoms with E-state index in [1.165, 1.54) is 0 Å². The Labute approximate surface area is 148 Å². The van der Waals surface area contributed by atoms with Crippen molar-refractivity contribution >= 4 is 11.5 Å². The molecule has 0 saturated carbocycles. The Kier molecular flexibility index (Phi) is 4.19. The number of anilines is 1. The molecule has 3 aromatic carbocycles. The number of nitrogens with zero attached hydrogens (tertiary/aromatic N) is 3. The molecular weight excluding hydrogens is 308 g/mol. The standard InChI is InChI=1S/C21H20N4/c1-24-20(17-11-5-2-6-12-17)23-25(19-15-9-4-10-16-19)21(22-24)18-13-7-3-8-14-18/h2-16,21-22H,1H3. The van der Waals surface area contributed by atoms with Crippen molar-refractivity contribution < 1.29 is 0 Å². The molecule has 1 aliphatic heterocycles. The lowest BCUT2D eigenvalue weighted by atomic mass is 10.1. The molecule has 0 amide bonds. The molecule has 1 atom stereocenters. The molecule has 25 heavy (non-hydrogen) atoms. The molecule has 1 N–H and O–H groups in total. The van der Waals surface area contributed by atoms with Crippen LogP contribution in [0.3, 0.4) is 0 Å². The van der Waals surface area contributed by atoms with Gasteiger partial charge < -0.3 is 0 Å². The SMILES string of the molecule is CN1NC(c2ccccc2)N(c2ccccc2)N=C1c1ccccc1. The van der Waals surface area contributed by atoms with Gasteiger partial charge in [-0.3, -0.25) is 5.01 Å². The molecule has 3 aromatic rings. The molecular formula is C21H20N4. The van der Waals surface area contributed by atoms with Crippen molar-refractivity contribution in [3.05, 3.63) is 102 Å². The maximum atomic E-state index is 4.97. The van der Waals surface area contributed by atoms with Crippen molar-refractivity contribution in [1.29, 1.82) is 0 Å². The van der Waals surface area contributed by atoms with Gasteiger partial charge in [-0.15, -0.1) is 0 Å². The number of hydrazine groups is 1. The minimum Gasteiger partial charge on any atom is -0.291 e. The highest BCUT2D eigenvalue weighted by molar-refractivity contribution is 5.99. The Hall–Kier alpha value is -3.11. The fourth-order valence-corrected chi connectivity index (χ4v) is 3.00. The lowest BCUT2D eigenvalue weighted by Crippen LogP contribution is -2.52. The average Bonchev–Trinajstić information content (AvgIpc) is 2.70. The Bertz CT molecular complexity index is 847. The molecule has 124 valence electrons. The van der Waals surface area contributed by atoms with E-state index in [2.05, 4.69) is 54.0 Å². The molecule has 1 unspecified atom stereocenters. The number of amidine groups is 1. The normalized spacial score (nSPS) is 17.3. The number of rotatable bonds is 3. The highest BCUT2D eigenvalue weighted by atomic mass is 15.7. The van der Waals surface area contributed by atoms with Crippen molar-refractivity contribution in [3.63, 3.8) is 0 Å². The summed E-state index contributed by atoms with van der Waals surface area (Å²) in [5.41, 5.74) is 6.84. The van der Waals surface area contributed by atoms with Gasteiger partial charge in [0.2, 0.25) is 0 Å². The maximum Gasteiger partial charge on any atom is 0.170 e. The second-order valence-corrected chi connectivity index (χ2v) is 5.97. The molecule has 4 rings (SSSR count). The van der Waals surface area contributed by atoms with Crippen LogP contribution in [-0.4, -0.2) is 17.9 Å². The first-order valence-corrected chi connectivity index (χ1v) is 8.36. The summed E-state index contributed by atoms with van der Waals surface area (Å²) in [5, 5.41) is 9.01. The summed E-state index contributed by atoms with van der Waals surface area (Å²) in [6.45, 7) is 0. The molecule has 0 aliphatic carbocycles. The number of para-hydroxylation sites is 1. The summed E-state index contributed by atoms with van der Waals surface area (Å²) in [4.78, 5) is 0. The van der Waals surface area contributed by atoms with Crippen LogP contribution in [-0.2, 0) is 0 Å². The second-order valence-electron chi connectivity index (χ2n) is 5.97. The molecule has 0 aromatic heterocycles. The number of hydrogen-bond donors (Lipinski definition) is 1. The van der Waals surface area contributed by atoms with Crippen LogP contribution < -0.4 is 10.4 Å². The minimum atomic E-state index is -0.0685. The zero-order valence-corrected chi connectivity index (χ0v) is 14.1. The van der Waals surface area contributed by atoms with Gasteiger partial charge in [-0.05, 0) is 17.7 Å². The van der Waals surface area contributed by atoms with Gasteiger partial charge in [0.05, 0.1) is 5.69 Å². The molecule has 0 saturated heterocycles. The van der Waals surface area contributed by atoms with Crippen molar-refractivity contribution in [2.75, 3.05) is 12.1 Å². The zero-order chi connectivity index (χ0) is 17.1. The predicted molar refractivity (Wildman–Crippen MR) is 102 cm³/mol. The van der Waals surface area contributed by atoms with Gasteiger partial charge in [0, 0.05) is 12.6 Å². The van der Waals surface area contributed by atoms with E-state index in [0.29, 0.717) is 0 Å². The van der Waals surface area contributed by atoms with Gasteiger partial charge in [-0.25, -0.2) is 10.4 Å². The minimum absolute atomic E-state index is 0.0685. The lowest BCUT2D eigenvalue weighted by Gasteiger charge is -2.40. The second kappa shape index (κ2) is 6.79.